The number of rotatable bonds is 5. The Bertz CT molecular complexity index is 1050. The van der Waals surface area contributed by atoms with Crippen LogP contribution in [0.1, 0.15) is 30.2 Å². The molecule has 1 N–H and O–H groups in total. The quantitative estimate of drug-likeness (QED) is 0.572. The Morgan fingerprint density at radius 1 is 1.11 bits per heavy atom. The minimum absolute atomic E-state index is 0.349. The van der Waals surface area contributed by atoms with E-state index in [1.807, 2.05) is 12.1 Å². The summed E-state index contributed by atoms with van der Waals surface area (Å²) in [5.74, 6) is 1.74. The molecule has 0 amide bonds. The number of hydrogen-bond donors (Lipinski definition) is 1. The Balaban J connectivity index is 1.17. The monoisotopic (exact) mass is 373 g/mol. The molecular weight excluding hydrogens is 350 g/mol. The SMILES string of the molecule is c1cncc(-c2noc(C3CCN(CCc4c[nH]c5ccccc45)CC3)n2)c1. The molecule has 4 heterocycles. The van der Waals surface area contributed by atoms with Crippen molar-refractivity contribution < 1.29 is 4.52 Å². The van der Waals surface area contributed by atoms with Crippen LogP contribution in [0.25, 0.3) is 22.3 Å². The van der Waals surface area contributed by atoms with Crippen LogP contribution >= 0.6 is 0 Å². The lowest BCUT2D eigenvalue weighted by Gasteiger charge is -2.30. The van der Waals surface area contributed by atoms with Crippen LogP contribution in [-0.4, -0.2) is 44.6 Å². The first-order valence-corrected chi connectivity index (χ1v) is 9.88. The van der Waals surface area contributed by atoms with Gasteiger partial charge in [-0.2, -0.15) is 4.98 Å². The number of hydrogen-bond acceptors (Lipinski definition) is 5. The molecule has 6 nitrogen and oxygen atoms in total. The van der Waals surface area contributed by atoms with E-state index >= 15 is 0 Å². The van der Waals surface area contributed by atoms with Crippen LogP contribution in [0, 0.1) is 0 Å². The average Bonchev–Trinajstić information content (AvgIpc) is 3.41. The Hall–Kier alpha value is -2.99. The first-order chi connectivity index (χ1) is 13.9. The van der Waals surface area contributed by atoms with Crippen LogP contribution in [0.5, 0.6) is 0 Å². The number of para-hydroxylation sites is 1. The molecule has 28 heavy (non-hydrogen) atoms. The highest BCUT2D eigenvalue weighted by molar-refractivity contribution is 5.83. The molecule has 1 aliphatic rings. The Kier molecular flexibility index (Phi) is 4.62. The predicted octanol–water partition coefficient (Wildman–Crippen LogP) is 4.04. The van der Waals surface area contributed by atoms with Crippen molar-refractivity contribution in [3.05, 3.63) is 66.4 Å². The van der Waals surface area contributed by atoms with Crippen molar-refractivity contribution in [2.45, 2.75) is 25.2 Å². The second kappa shape index (κ2) is 7.56. The number of pyridine rings is 1. The molecule has 0 aliphatic carbocycles. The average molecular weight is 373 g/mol. The largest absolute Gasteiger partial charge is 0.361 e. The predicted molar refractivity (Wildman–Crippen MR) is 108 cm³/mol. The summed E-state index contributed by atoms with van der Waals surface area (Å²) < 4.78 is 5.55. The zero-order valence-corrected chi connectivity index (χ0v) is 15.7. The van der Waals surface area contributed by atoms with Gasteiger partial charge in [0.05, 0.1) is 0 Å². The molecule has 1 saturated heterocycles. The number of piperidine rings is 1. The van der Waals surface area contributed by atoms with Crippen molar-refractivity contribution in [3.63, 3.8) is 0 Å². The number of nitrogens with zero attached hydrogens (tertiary/aromatic N) is 4. The Labute approximate surface area is 163 Å². The van der Waals surface area contributed by atoms with Gasteiger partial charge in [0.15, 0.2) is 0 Å². The van der Waals surface area contributed by atoms with E-state index in [0.29, 0.717) is 11.7 Å². The summed E-state index contributed by atoms with van der Waals surface area (Å²) in [5, 5.41) is 5.48. The number of aromatic amines is 1. The number of benzene rings is 1. The van der Waals surface area contributed by atoms with Crippen molar-refractivity contribution in [1.29, 1.82) is 0 Å². The van der Waals surface area contributed by atoms with E-state index in [1.54, 1.807) is 12.4 Å². The summed E-state index contributed by atoms with van der Waals surface area (Å²) >= 11 is 0. The molecule has 1 aromatic carbocycles. The van der Waals surface area contributed by atoms with Gasteiger partial charge in [0.25, 0.3) is 0 Å². The zero-order chi connectivity index (χ0) is 18.8. The summed E-state index contributed by atoms with van der Waals surface area (Å²) in [4.78, 5) is 14.6. The first kappa shape index (κ1) is 17.1. The first-order valence-electron chi connectivity index (χ1n) is 9.88. The maximum atomic E-state index is 5.55. The minimum Gasteiger partial charge on any atom is -0.361 e. The number of nitrogens with one attached hydrogen (secondary N) is 1. The van der Waals surface area contributed by atoms with E-state index in [4.69, 9.17) is 4.52 Å². The zero-order valence-electron chi connectivity index (χ0n) is 15.7. The number of H-pyrrole nitrogens is 1. The van der Waals surface area contributed by atoms with Gasteiger partial charge >= 0.3 is 0 Å². The van der Waals surface area contributed by atoms with Crippen LogP contribution in [0.4, 0.5) is 0 Å². The summed E-state index contributed by atoms with van der Waals surface area (Å²) in [6.07, 6.45) is 8.85. The number of likely N-dealkylation sites (tertiary alicyclic amines) is 1. The van der Waals surface area contributed by atoms with Crippen molar-refractivity contribution >= 4 is 10.9 Å². The van der Waals surface area contributed by atoms with Gasteiger partial charge in [0, 0.05) is 47.5 Å². The number of aromatic nitrogens is 4. The maximum absolute atomic E-state index is 5.55. The summed E-state index contributed by atoms with van der Waals surface area (Å²) in [6, 6.07) is 12.4. The molecule has 0 spiro atoms. The number of fused-ring (bicyclic) bond motifs is 1. The van der Waals surface area contributed by atoms with Crippen molar-refractivity contribution in [2.75, 3.05) is 19.6 Å². The molecule has 5 rings (SSSR count). The van der Waals surface area contributed by atoms with Gasteiger partial charge < -0.3 is 14.4 Å². The van der Waals surface area contributed by atoms with Gasteiger partial charge in [-0.05, 0) is 56.1 Å². The molecule has 0 atom stereocenters. The molecule has 0 saturated carbocycles. The minimum atomic E-state index is 0.349. The van der Waals surface area contributed by atoms with Crippen LogP contribution in [0.15, 0.2) is 59.5 Å². The standard InChI is InChI=1S/C22H23N5O/c1-2-6-20-19(5-1)17(15-24-20)9-13-27-11-7-16(8-12-27)22-25-21(26-28-22)18-4-3-10-23-14-18/h1-6,10,14-16,24H,7-9,11-13H2. The highest BCUT2D eigenvalue weighted by Gasteiger charge is 2.25. The van der Waals surface area contributed by atoms with E-state index in [0.717, 1.165) is 50.4 Å². The van der Waals surface area contributed by atoms with Gasteiger partial charge in [-0.3, -0.25) is 4.98 Å². The molecule has 6 heteroatoms. The summed E-state index contributed by atoms with van der Waals surface area (Å²) in [5.41, 5.74) is 3.52. The second-order valence-electron chi connectivity index (χ2n) is 7.42. The van der Waals surface area contributed by atoms with E-state index in [1.165, 1.54) is 16.5 Å². The van der Waals surface area contributed by atoms with Crippen LogP contribution < -0.4 is 0 Å². The molecule has 1 fully saturated rings. The van der Waals surface area contributed by atoms with E-state index in [2.05, 4.69) is 55.5 Å². The normalized spacial score (nSPS) is 16.0. The molecule has 1 aliphatic heterocycles. The van der Waals surface area contributed by atoms with Gasteiger partial charge in [-0.15, -0.1) is 0 Å². The van der Waals surface area contributed by atoms with E-state index in [-0.39, 0.29) is 0 Å². The highest BCUT2D eigenvalue weighted by atomic mass is 16.5. The summed E-state index contributed by atoms with van der Waals surface area (Å²) in [6.45, 7) is 3.22. The molecule has 142 valence electrons. The Morgan fingerprint density at radius 3 is 2.86 bits per heavy atom. The molecule has 4 aromatic rings. The van der Waals surface area contributed by atoms with E-state index in [9.17, 15) is 0 Å². The lowest BCUT2D eigenvalue weighted by atomic mass is 9.96. The highest BCUT2D eigenvalue weighted by Crippen LogP contribution is 2.28. The third-order valence-electron chi connectivity index (χ3n) is 5.67. The van der Waals surface area contributed by atoms with Gasteiger partial charge in [0.1, 0.15) is 0 Å². The van der Waals surface area contributed by atoms with Crippen molar-refractivity contribution in [3.8, 4) is 11.4 Å². The van der Waals surface area contributed by atoms with Crippen molar-refractivity contribution in [2.24, 2.45) is 0 Å². The molecule has 0 unspecified atom stereocenters. The fraction of sp³-hybridized carbons (Fsp3) is 0.318. The molecular formula is C22H23N5O. The van der Waals surface area contributed by atoms with Crippen molar-refractivity contribution in [1.82, 2.24) is 25.0 Å². The van der Waals surface area contributed by atoms with Crippen LogP contribution in [0.3, 0.4) is 0 Å². The third-order valence-corrected chi connectivity index (χ3v) is 5.67. The third kappa shape index (κ3) is 3.43. The lowest BCUT2D eigenvalue weighted by Crippen LogP contribution is -2.34. The van der Waals surface area contributed by atoms with Gasteiger partial charge in [-0.1, -0.05) is 23.4 Å². The molecule has 0 bridgehead atoms. The maximum Gasteiger partial charge on any atom is 0.230 e. The van der Waals surface area contributed by atoms with Gasteiger partial charge in [-0.25, -0.2) is 0 Å². The molecule has 0 radical (unpaired) electrons. The topological polar surface area (TPSA) is 70.8 Å². The molecule has 3 aromatic heterocycles. The lowest BCUT2D eigenvalue weighted by molar-refractivity contribution is 0.196. The second-order valence-corrected chi connectivity index (χ2v) is 7.42. The fourth-order valence-corrected chi connectivity index (χ4v) is 4.03. The van der Waals surface area contributed by atoms with Crippen LogP contribution in [0.2, 0.25) is 0 Å². The summed E-state index contributed by atoms with van der Waals surface area (Å²) in [7, 11) is 0. The van der Waals surface area contributed by atoms with E-state index < -0.39 is 0 Å². The smallest absolute Gasteiger partial charge is 0.230 e. The fourth-order valence-electron chi connectivity index (χ4n) is 4.03. The van der Waals surface area contributed by atoms with Gasteiger partial charge in [0.2, 0.25) is 11.7 Å². The van der Waals surface area contributed by atoms with Crippen LogP contribution in [-0.2, 0) is 6.42 Å². The Morgan fingerprint density at radius 2 is 2.00 bits per heavy atom.